The summed E-state index contributed by atoms with van der Waals surface area (Å²) in [5.41, 5.74) is 3.58. The predicted molar refractivity (Wildman–Crippen MR) is 102 cm³/mol. The first-order chi connectivity index (χ1) is 12.6. The molecule has 0 saturated carbocycles. The van der Waals surface area contributed by atoms with E-state index in [9.17, 15) is 9.59 Å². The Morgan fingerprint density at radius 1 is 1.00 bits per heavy atom. The second kappa shape index (κ2) is 8.54. The van der Waals surface area contributed by atoms with Gasteiger partial charge >= 0.3 is 5.97 Å². The molecule has 26 heavy (non-hydrogen) atoms. The van der Waals surface area contributed by atoms with E-state index in [0.717, 1.165) is 10.6 Å². The number of rotatable bonds is 7. The lowest BCUT2D eigenvalue weighted by molar-refractivity contribution is -0.145. The molecule has 0 N–H and O–H groups in total. The molecule has 0 aliphatic heterocycles. The number of thiazole rings is 1. The fraction of sp³-hybridized carbons (Fsp3) is 0.190. The minimum Gasteiger partial charge on any atom is -0.459 e. The third-order valence-electron chi connectivity index (χ3n) is 3.88. The van der Waals surface area contributed by atoms with E-state index in [-0.39, 0.29) is 31.2 Å². The lowest BCUT2D eigenvalue weighted by Crippen LogP contribution is -2.08. The Labute approximate surface area is 156 Å². The van der Waals surface area contributed by atoms with E-state index in [1.807, 2.05) is 42.6 Å². The van der Waals surface area contributed by atoms with Crippen LogP contribution in [0.2, 0.25) is 0 Å². The van der Waals surface area contributed by atoms with Crippen LogP contribution in [0.5, 0.6) is 0 Å². The number of esters is 1. The van der Waals surface area contributed by atoms with Crippen LogP contribution in [0.4, 0.5) is 0 Å². The number of benzene rings is 2. The Hall–Kier alpha value is -2.79. The molecule has 0 amide bonds. The van der Waals surface area contributed by atoms with Crippen molar-refractivity contribution in [2.45, 2.75) is 26.4 Å². The molecule has 1 heterocycles. The van der Waals surface area contributed by atoms with E-state index in [1.54, 1.807) is 24.3 Å². The van der Waals surface area contributed by atoms with Gasteiger partial charge in [-0.2, -0.15) is 0 Å². The smallest absolute Gasteiger partial charge is 0.306 e. The average Bonchev–Trinajstić information content (AvgIpc) is 3.14. The molecule has 5 heteroatoms. The highest BCUT2D eigenvalue weighted by atomic mass is 32.1. The summed E-state index contributed by atoms with van der Waals surface area (Å²) < 4.78 is 5.24. The molecule has 0 fully saturated rings. The van der Waals surface area contributed by atoms with Crippen molar-refractivity contribution >= 4 is 23.1 Å². The Balaban J connectivity index is 1.47. The Morgan fingerprint density at radius 2 is 1.73 bits per heavy atom. The summed E-state index contributed by atoms with van der Waals surface area (Å²) >= 11 is 1.52. The molecule has 4 nitrogen and oxygen atoms in total. The molecule has 0 aliphatic rings. The number of ketones is 1. The van der Waals surface area contributed by atoms with Crippen LogP contribution in [-0.4, -0.2) is 16.7 Å². The number of ether oxygens (including phenoxy) is 1. The van der Waals surface area contributed by atoms with Gasteiger partial charge in [0.1, 0.15) is 11.6 Å². The number of carbonyl (C=O) groups is 2. The monoisotopic (exact) mass is 365 g/mol. The molecule has 2 aromatic carbocycles. The molecular formula is C21H19NO3S. The zero-order valence-electron chi connectivity index (χ0n) is 14.5. The number of aryl methyl sites for hydroxylation is 1. The minimum absolute atomic E-state index is 0.0575. The molecule has 1 aromatic heterocycles. The lowest BCUT2D eigenvalue weighted by Gasteiger charge is -2.03. The van der Waals surface area contributed by atoms with Crippen molar-refractivity contribution < 1.29 is 14.3 Å². The molecular weight excluding hydrogens is 346 g/mol. The first-order valence-electron chi connectivity index (χ1n) is 8.37. The predicted octanol–water partition coefficient (Wildman–Crippen LogP) is 4.82. The largest absolute Gasteiger partial charge is 0.459 e. The van der Waals surface area contributed by atoms with Crippen molar-refractivity contribution in [3.63, 3.8) is 0 Å². The maximum Gasteiger partial charge on any atom is 0.306 e. The van der Waals surface area contributed by atoms with E-state index >= 15 is 0 Å². The van der Waals surface area contributed by atoms with Gasteiger partial charge in [0.25, 0.3) is 0 Å². The van der Waals surface area contributed by atoms with Crippen molar-refractivity contribution in [3.8, 4) is 10.6 Å². The van der Waals surface area contributed by atoms with Crippen molar-refractivity contribution in [1.82, 2.24) is 4.98 Å². The summed E-state index contributed by atoms with van der Waals surface area (Å²) in [6.07, 6.45) is 0.219. The molecule has 0 atom stereocenters. The van der Waals surface area contributed by atoms with Gasteiger partial charge < -0.3 is 4.74 Å². The molecule has 0 spiro atoms. The Bertz CT molecular complexity index is 885. The zero-order valence-corrected chi connectivity index (χ0v) is 15.3. The minimum atomic E-state index is -0.390. The molecule has 0 bridgehead atoms. The molecule has 0 unspecified atom stereocenters. The Kier molecular flexibility index (Phi) is 5.92. The summed E-state index contributed by atoms with van der Waals surface area (Å²) in [5.74, 6) is -0.447. The zero-order chi connectivity index (χ0) is 18.4. The molecule has 0 radical (unpaired) electrons. The van der Waals surface area contributed by atoms with E-state index in [4.69, 9.17) is 4.74 Å². The standard InChI is InChI=1S/C21H19NO3S/c1-15-7-9-17(10-8-15)21-22-18(14-26-21)13-25-20(24)12-11-19(23)16-5-3-2-4-6-16/h2-10,14H,11-13H2,1H3. The van der Waals surface area contributed by atoms with E-state index in [0.29, 0.717) is 11.3 Å². The highest BCUT2D eigenvalue weighted by Crippen LogP contribution is 2.24. The molecule has 132 valence electrons. The number of aromatic nitrogens is 1. The fourth-order valence-corrected chi connectivity index (χ4v) is 3.22. The summed E-state index contributed by atoms with van der Waals surface area (Å²) in [5, 5.41) is 2.78. The van der Waals surface area contributed by atoms with Crippen molar-refractivity contribution in [2.75, 3.05) is 0 Å². The molecule has 0 aliphatic carbocycles. The van der Waals surface area contributed by atoms with Crippen molar-refractivity contribution in [2.24, 2.45) is 0 Å². The number of Topliss-reactive ketones (excluding diaryl/α,β-unsaturated/α-hetero) is 1. The summed E-state index contributed by atoms with van der Waals surface area (Å²) in [6, 6.07) is 17.1. The summed E-state index contributed by atoms with van der Waals surface area (Å²) in [7, 11) is 0. The van der Waals surface area contributed by atoms with Crippen LogP contribution in [0.25, 0.3) is 10.6 Å². The first-order valence-corrected chi connectivity index (χ1v) is 9.25. The maximum absolute atomic E-state index is 12.0. The van der Waals surface area contributed by atoms with Crippen molar-refractivity contribution in [1.29, 1.82) is 0 Å². The van der Waals surface area contributed by atoms with Crippen LogP contribution in [0.15, 0.2) is 60.0 Å². The summed E-state index contributed by atoms with van der Waals surface area (Å²) in [6.45, 7) is 2.17. The lowest BCUT2D eigenvalue weighted by atomic mass is 10.1. The number of nitrogens with zero attached hydrogens (tertiary/aromatic N) is 1. The van der Waals surface area contributed by atoms with E-state index in [2.05, 4.69) is 4.98 Å². The van der Waals surface area contributed by atoms with Gasteiger partial charge in [-0.1, -0.05) is 60.2 Å². The first kappa shape index (κ1) is 18.0. The van der Waals surface area contributed by atoms with Crippen LogP contribution >= 0.6 is 11.3 Å². The molecule has 0 saturated heterocycles. The topological polar surface area (TPSA) is 56.3 Å². The van der Waals surface area contributed by atoms with Crippen LogP contribution in [0.3, 0.4) is 0 Å². The molecule has 3 rings (SSSR count). The van der Waals surface area contributed by atoms with Crippen LogP contribution in [0, 0.1) is 6.92 Å². The highest BCUT2D eigenvalue weighted by molar-refractivity contribution is 7.13. The number of hydrogen-bond acceptors (Lipinski definition) is 5. The van der Waals surface area contributed by atoms with E-state index in [1.165, 1.54) is 16.9 Å². The quantitative estimate of drug-likeness (QED) is 0.445. The maximum atomic E-state index is 12.0. The SMILES string of the molecule is Cc1ccc(-c2nc(COC(=O)CCC(=O)c3ccccc3)cs2)cc1. The second-order valence-corrected chi connectivity index (χ2v) is 6.82. The second-order valence-electron chi connectivity index (χ2n) is 5.96. The van der Waals surface area contributed by atoms with Gasteiger partial charge in [0, 0.05) is 22.9 Å². The van der Waals surface area contributed by atoms with Gasteiger partial charge in [0.2, 0.25) is 0 Å². The third kappa shape index (κ3) is 4.86. The van der Waals surface area contributed by atoms with E-state index < -0.39 is 0 Å². The van der Waals surface area contributed by atoms with Crippen LogP contribution in [-0.2, 0) is 16.1 Å². The van der Waals surface area contributed by atoms with Crippen LogP contribution < -0.4 is 0 Å². The number of hydrogen-bond donors (Lipinski definition) is 0. The fourth-order valence-electron chi connectivity index (χ4n) is 2.41. The normalized spacial score (nSPS) is 10.5. The van der Waals surface area contributed by atoms with Gasteiger partial charge in [-0.15, -0.1) is 11.3 Å². The van der Waals surface area contributed by atoms with Crippen molar-refractivity contribution in [3.05, 3.63) is 76.8 Å². The summed E-state index contributed by atoms with van der Waals surface area (Å²) in [4.78, 5) is 28.4. The third-order valence-corrected chi connectivity index (χ3v) is 4.82. The van der Waals surface area contributed by atoms with Gasteiger partial charge in [0.05, 0.1) is 12.1 Å². The van der Waals surface area contributed by atoms with Gasteiger partial charge in [0.15, 0.2) is 5.78 Å². The Morgan fingerprint density at radius 3 is 2.46 bits per heavy atom. The van der Waals surface area contributed by atoms with Gasteiger partial charge in [-0.05, 0) is 6.92 Å². The van der Waals surface area contributed by atoms with Gasteiger partial charge in [-0.25, -0.2) is 4.98 Å². The average molecular weight is 365 g/mol. The van der Waals surface area contributed by atoms with Gasteiger partial charge in [-0.3, -0.25) is 9.59 Å². The number of carbonyl (C=O) groups excluding carboxylic acids is 2. The highest BCUT2D eigenvalue weighted by Gasteiger charge is 2.11. The molecule has 3 aromatic rings. The van der Waals surface area contributed by atoms with Crippen LogP contribution in [0.1, 0.15) is 34.5 Å².